The summed E-state index contributed by atoms with van der Waals surface area (Å²) in [5.41, 5.74) is 0. The van der Waals surface area contributed by atoms with E-state index in [4.69, 9.17) is 15.0 Å². The summed E-state index contributed by atoms with van der Waals surface area (Å²) in [7, 11) is 0. The standard InChI is InChI=1S/C4H3F7.CH2O3/c1-2(5,6)3(7,8)4(9,10)11;2-1(3)4/h1H3;(H2,2,3,4). The summed E-state index contributed by atoms with van der Waals surface area (Å²) in [6, 6.07) is 0. The zero-order valence-corrected chi connectivity index (χ0v) is 6.95. The van der Waals surface area contributed by atoms with Crippen LogP contribution in [0.15, 0.2) is 0 Å². The van der Waals surface area contributed by atoms with Gasteiger partial charge in [-0.25, -0.2) is 4.79 Å². The summed E-state index contributed by atoms with van der Waals surface area (Å²) >= 11 is 0. The predicted molar refractivity (Wildman–Crippen MR) is 32.3 cm³/mol. The van der Waals surface area contributed by atoms with Crippen molar-refractivity contribution in [2.75, 3.05) is 0 Å². The number of hydrogen-bond acceptors (Lipinski definition) is 1. The van der Waals surface area contributed by atoms with Crippen molar-refractivity contribution in [3.63, 3.8) is 0 Å². The lowest BCUT2D eigenvalue weighted by Gasteiger charge is -2.24. The van der Waals surface area contributed by atoms with Gasteiger partial charge in [0.2, 0.25) is 0 Å². The highest BCUT2D eigenvalue weighted by molar-refractivity contribution is 5.53. The third-order valence-corrected chi connectivity index (χ3v) is 0.907. The smallest absolute Gasteiger partial charge is 0.450 e. The molecule has 0 fully saturated rings. The van der Waals surface area contributed by atoms with Gasteiger partial charge < -0.3 is 10.2 Å². The molecule has 0 unspecified atom stereocenters. The largest absolute Gasteiger partial charge is 0.503 e. The summed E-state index contributed by atoms with van der Waals surface area (Å²) in [6.45, 7) is -0.486. The van der Waals surface area contributed by atoms with E-state index in [1.54, 1.807) is 0 Å². The first-order chi connectivity index (χ1) is 6.23. The maximum absolute atomic E-state index is 11.6. The first-order valence-electron chi connectivity index (χ1n) is 2.97. The predicted octanol–water partition coefficient (Wildman–Crippen LogP) is 3.06. The van der Waals surface area contributed by atoms with Gasteiger partial charge in [0.1, 0.15) is 0 Å². The SMILES string of the molecule is CC(F)(F)C(F)(F)C(F)(F)F.O=C(O)O. The molecule has 0 radical (unpaired) electrons. The Labute approximate surface area is 78.1 Å². The maximum atomic E-state index is 11.6. The van der Waals surface area contributed by atoms with Crippen molar-refractivity contribution < 1.29 is 45.7 Å². The molecule has 0 aliphatic rings. The molecule has 0 atom stereocenters. The quantitative estimate of drug-likeness (QED) is 0.699. The van der Waals surface area contributed by atoms with Crippen LogP contribution in [0.25, 0.3) is 0 Å². The van der Waals surface area contributed by atoms with Gasteiger partial charge in [-0.1, -0.05) is 0 Å². The molecule has 0 amide bonds. The van der Waals surface area contributed by atoms with Crippen molar-refractivity contribution in [3.8, 4) is 0 Å². The van der Waals surface area contributed by atoms with Crippen molar-refractivity contribution in [3.05, 3.63) is 0 Å². The zero-order chi connectivity index (χ0) is 13.1. The first kappa shape index (κ1) is 16.2. The van der Waals surface area contributed by atoms with Crippen LogP contribution in [0.3, 0.4) is 0 Å². The van der Waals surface area contributed by atoms with Gasteiger partial charge in [-0.15, -0.1) is 0 Å². The molecule has 0 bridgehead atoms. The van der Waals surface area contributed by atoms with Crippen molar-refractivity contribution in [1.29, 1.82) is 0 Å². The highest BCUT2D eigenvalue weighted by Crippen LogP contribution is 2.45. The molecular formula is C5H5F7O3. The highest BCUT2D eigenvalue weighted by atomic mass is 19.4. The number of carbonyl (C=O) groups is 1. The molecule has 0 spiro atoms. The maximum Gasteiger partial charge on any atom is 0.503 e. The molecule has 0 aliphatic carbocycles. The Balaban J connectivity index is 0. The van der Waals surface area contributed by atoms with Crippen LogP contribution in [0.1, 0.15) is 6.92 Å². The van der Waals surface area contributed by atoms with E-state index in [1.807, 2.05) is 0 Å². The van der Waals surface area contributed by atoms with Gasteiger partial charge in [0.05, 0.1) is 0 Å². The Morgan fingerprint density at radius 2 is 1.13 bits per heavy atom. The number of hydrogen-bond donors (Lipinski definition) is 2. The van der Waals surface area contributed by atoms with Gasteiger partial charge in [-0.2, -0.15) is 30.7 Å². The van der Waals surface area contributed by atoms with E-state index in [9.17, 15) is 30.7 Å². The molecule has 0 saturated carbocycles. The average Bonchev–Trinajstić information content (AvgIpc) is 1.79. The second-order valence-corrected chi connectivity index (χ2v) is 2.24. The fourth-order valence-electron chi connectivity index (χ4n) is 0.249. The van der Waals surface area contributed by atoms with Crippen LogP contribution in [0.5, 0.6) is 0 Å². The molecule has 0 rings (SSSR count). The van der Waals surface area contributed by atoms with Gasteiger partial charge in [0, 0.05) is 6.92 Å². The molecule has 3 nitrogen and oxygen atoms in total. The number of halogens is 7. The van der Waals surface area contributed by atoms with Crippen molar-refractivity contribution in [1.82, 2.24) is 0 Å². The molecular weight excluding hydrogens is 241 g/mol. The van der Waals surface area contributed by atoms with Crippen molar-refractivity contribution in [2.24, 2.45) is 0 Å². The lowest BCUT2D eigenvalue weighted by molar-refractivity contribution is -0.349. The Morgan fingerprint density at radius 1 is 0.933 bits per heavy atom. The molecule has 2 N–H and O–H groups in total. The minimum absolute atomic E-state index is 0.486. The van der Waals surface area contributed by atoms with Crippen molar-refractivity contribution >= 4 is 6.16 Å². The number of carboxylic acid groups (broad SMARTS) is 2. The fraction of sp³-hybridized carbons (Fsp3) is 0.800. The number of alkyl halides is 7. The topological polar surface area (TPSA) is 57.5 Å². The van der Waals surface area contributed by atoms with E-state index in [0.29, 0.717) is 0 Å². The van der Waals surface area contributed by atoms with Crippen LogP contribution in [0.4, 0.5) is 35.5 Å². The van der Waals surface area contributed by atoms with Gasteiger partial charge in [0.15, 0.2) is 0 Å². The first-order valence-corrected chi connectivity index (χ1v) is 2.97. The molecule has 15 heavy (non-hydrogen) atoms. The zero-order valence-electron chi connectivity index (χ0n) is 6.95. The van der Waals surface area contributed by atoms with E-state index in [1.165, 1.54) is 0 Å². The molecule has 10 heteroatoms. The van der Waals surface area contributed by atoms with E-state index in [0.717, 1.165) is 0 Å². The molecule has 0 aliphatic heterocycles. The summed E-state index contributed by atoms with van der Waals surface area (Å²) in [5, 5.41) is 13.9. The second-order valence-electron chi connectivity index (χ2n) is 2.24. The lowest BCUT2D eigenvalue weighted by Crippen LogP contribution is -2.50. The van der Waals surface area contributed by atoms with Crippen LogP contribution in [0.2, 0.25) is 0 Å². The molecule has 0 saturated heterocycles. The molecule has 0 aromatic rings. The number of rotatable bonds is 1. The summed E-state index contributed by atoms with van der Waals surface area (Å²) in [5.74, 6) is -11.0. The fourth-order valence-corrected chi connectivity index (χ4v) is 0.249. The Morgan fingerprint density at radius 3 is 1.13 bits per heavy atom. The van der Waals surface area contributed by atoms with Crippen LogP contribution in [-0.2, 0) is 0 Å². The normalized spacial score (nSPS) is 12.8. The van der Waals surface area contributed by atoms with E-state index < -0.39 is 31.1 Å². The van der Waals surface area contributed by atoms with E-state index >= 15 is 0 Å². The highest BCUT2D eigenvalue weighted by Gasteiger charge is 2.70. The summed E-state index contributed by atoms with van der Waals surface area (Å²) < 4.78 is 79.5. The van der Waals surface area contributed by atoms with Gasteiger partial charge in [0.25, 0.3) is 0 Å². The van der Waals surface area contributed by atoms with Crippen LogP contribution in [0, 0.1) is 0 Å². The van der Waals surface area contributed by atoms with Crippen LogP contribution < -0.4 is 0 Å². The van der Waals surface area contributed by atoms with E-state index in [2.05, 4.69) is 0 Å². The van der Waals surface area contributed by atoms with Crippen LogP contribution >= 0.6 is 0 Å². The Kier molecular flexibility index (Phi) is 4.90. The monoisotopic (exact) mass is 246 g/mol. The molecule has 0 heterocycles. The molecule has 92 valence electrons. The van der Waals surface area contributed by atoms with Gasteiger partial charge >= 0.3 is 24.2 Å². The minimum atomic E-state index is -6.20. The average molecular weight is 246 g/mol. The third-order valence-electron chi connectivity index (χ3n) is 0.907. The lowest BCUT2D eigenvalue weighted by atomic mass is 10.2. The van der Waals surface area contributed by atoms with Gasteiger partial charge in [-0.05, 0) is 0 Å². The summed E-state index contributed by atoms with van der Waals surface area (Å²) in [6.07, 6.45) is -8.04. The van der Waals surface area contributed by atoms with Crippen molar-refractivity contribution in [2.45, 2.75) is 24.9 Å². The third kappa shape index (κ3) is 5.27. The Hall–Kier alpha value is -1.22. The van der Waals surface area contributed by atoms with Crippen LogP contribution in [-0.4, -0.2) is 34.4 Å². The van der Waals surface area contributed by atoms with E-state index in [-0.39, 0.29) is 0 Å². The minimum Gasteiger partial charge on any atom is -0.450 e. The van der Waals surface area contributed by atoms with Gasteiger partial charge in [-0.3, -0.25) is 0 Å². The molecule has 0 aromatic heterocycles. The second kappa shape index (κ2) is 4.53. The Bertz CT molecular complexity index is 196. The summed E-state index contributed by atoms with van der Waals surface area (Å²) in [4.78, 5) is 8.56. The molecule has 0 aromatic carbocycles.